The largest absolute Gasteiger partial charge is 0.430 e. The number of carbonyl (C=O) groups excluding carboxylic acids is 2. The van der Waals surface area contributed by atoms with Gasteiger partial charge >= 0.3 is 0 Å². The summed E-state index contributed by atoms with van der Waals surface area (Å²) in [4.78, 5) is 35.3. The molecule has 8 atom stereocenters. The van der Waals surface area contributed by atoms with E-state index in [0.29, 0.717) is 29.3 Å². The van der Waals surface area contributed by atoms with E-state index in [9.17, 15) is 19.8 Å². The van der Waals surface area contributed by atoms with E-state index in [1.807, 2.05) is 19.9 Å². The van der Waals surface area contributed by atoms with Crippen molar-refractivity contribution in [3.05, 3.63) is 42.1 Å². The maximum Gasteiger partial charge on any atom is 0.258 e. The van der Waals surface area contributed by atoms with Gasteiger partial charge in [-0.25, -0.2) is 4.98 Å². The van der Waals surface area contributed by atoms with Crippen LogP contribution in [0.15, 0.2) is 51.8 Å². The van der Waals surface area contributed by atoms with Crippen LogP contribution >= 0.6 is 11.8 Å². The summed E-state index contributed by atoms with van der Waals surface area (Å²) in [6.07, 6.45) is 10.1. The van der Waals surface area contributed by atoms with Gasteiger partial charge in [0, 0.05) is 28.9 Å². The van der Waals surface area contributed by atoms with Gasteiger partial charge in [0.25, 0.3) is 5.22 Å². The van der Waals surface area contributed by atoms with Gasteiger partial charge in [0.05, 0.1) is 11.9 Å². The summed E-state index contributed by atoms with van der Waals surface area (Å²) >= 11 is 1.22. The molecule has 0 amide bonds. The summed E-state index contributed by atoms with van der Waals surface area (Å²) in [7, 11) is 0. The van der Waals surface area contributed by atoms with Crippen molar-refractivity contribution in [3.8, 4) is 0 Å². The first-order chi connectivity index (χ1) is 20.1. The minimum Gasteiger partial charge on any atom is -0.430 e. The van der Waals surface area contributed by atoms with Crippen molar-refractivity contribution in [3.63, 3.8) is 0 Å². The van der Waals surface area contributed by atoms with Crippen LogP contribution in [0.2, 0.25) is 0 Å². The van der Waals surface area contributed by atoms with Crippen LogP contribution in [0, 0.1) is 34.5 Å². The molecule has 2 aromatic rings. The molecule has 4 aliphatic rings. The topological polar surface area (TPSA) is 123 Å². The second-order valence-electron chi connectivity index (χ2n) is 13.2. The van der Waals surface area contributed by atoms with Crippen molar-refractivity contribution < 1.29 is 29.0 Å². The second kappa shape index (κ2) is 11.0. The molecule has 0 aliphatic heterocycles. The lowest BCUT2D eigenvalue weighted by Crippen LogP contribution is -2.63. The number of carbonyl (C=O) groups is 2. The number of thioether (sulfide) groups is 1. The molecule has 0 bridgehead atoms. The molecule has 0 saturated heterocycles. The lowest BCUT2D eigenvalue weighted by atomic mass is 9.46. The maximum atomic E-state index is 14.5. The number of ketones is 2. The highest BCUT2D eigenvalue weighted by Crippen LogP contribution is 2.68. The lowest BCUT2D eigenvalue weighted by molar-refractivity contribution is -0.251. The van der Waals surface area contributed by atoms with Crippen LogP contribution in [0.4, 0.5) is 0 Å². The van der Waals surface area contributed by atoms with Crippen molar-refractivity contribution in [1.29, 1.82) is 0 Å². The number of rotatable bonds is 9. The minimum absolute atomic E-state index is 0.0116. The van der Waals surface area contributed by atoms with Gasteiger partial charge in [0.1, 0.15) is 5.60 Å². The molecule has 9 heteroatoms. The number of aliphatic hydroxyl groups excluding tert-OH is 2. The number of allylic oxidation sites excluding steroid dienone is 4. The summed E-state index contributed by atoms with van der Waals surface area (Å²) in [5.74, 6) is 0.137. The first-order valence-corrected chi connectivity index (χ1v) is 16.4. The normalized spacial score (nSPS) is 36.5. The zero-order valence-corrected chi connectivity index (χ0v) is 25.7. The Hall–Kier alpha value is -2.33. The maximum absolute atomic E-state index is 14.5. The Morgan fingerprint density at radius 3 is 2.79 bits per heavy atom. The van der Waals surface area contributed by atoms with Crippen molar-refractivity contribution in [1.82, 2.24) is 9.97 Å². The van der Waals surface area contributed by atoms with E-state index in [-0.39, 0.29) is 46.4 Å². The Kier molecular flexibility index (Phi) is 7.78. The van der Waals surface area contributed by atoms with Gasteiger partial charge in [-0.15, -0.1) is 0 Å². The molecular weight excluding hydrogens is 552 g/mol. The van der Waals surface area contributed by atoms with E-state index >= 15 is 0 Å². The summed E-state index contributed by atoms with van der Waals surface area (Å²) in [6.45, 7) is 8.30. The van der Waals surface area contributed by atoms with Crippen molar-refractivity contribution in [2.24, 2.45) is 34.5 Å². The quantitative estimate of drug-likeness (QED) is 0.279. The fourth-order valence-electron chi connectivity index (χ4n) is 9.08. The molecule has 4 aliphatic carbocycles. The third-order valence-corrected chi connectivity index (χ3v) is 12.1. The molecule has 6 rings (SSSR count). The highest BCUT2D eigenvalue weighted by atomic mass is 32.2. The smallest absolute Gasteiger partial charge is 0.258 e. The van der Waals surface area contributed by atoms with E-state index in [1.165, 1.54) is 11.8 Å². The number of oxazole rings is 1. The van der Waals surface area contributed by atoms with Gasteiger partial charge < -0.3 is 19.4 Å². The Morgan fingerprint density at radius 1 is 1.26 bits per heavy atom. The summed E-state index contributed by atoms with van der Waals surface area (Å²) in [6, 6.07) is 3.57. The number of aliphatic hydroxyl groups is 2. The molecular formula is C33H42N2O6S. The summed E-state index contributed by atoms with van der Waals surface area (Å²) < 4.78 is 12.5. The monoisotopic (exact) mass is 594 g/mol. The molecule has 0 radical (unpaired) electrons. The van der Waals surface area contributed by atoms with Crippen LogP contribution in [0.25, 0.3) is 11.2 Å². The molecule has 0 aromatic carbocycles. The summed E-state index contributed by atoms with van der Waals surface area (Å²) in [5, 5.41) is 23.6. The van der Waals surface area contributed by atoms with E-state index in [4.69, 9.17) is 9.15 Å². The van der Waals surface area contributed by atoms with Crippen molar-refractivity contribution in [2.45, 2.75) is 95.9 Å². The minimum atomic E-state index is -1.25. The fraction of sp³-hybridized carbons (Fsp3) is 0.636. The number of aromatic nitrogens is 2. The van der Waals surface area contributed by atoms with E-state index in [2.05, 4.69) is 23.8 Å². The zero-order valence-electron chi connectivity index (χ0n) is 24.9. The molecule has 3 saturated carbocycles. The molecule has 0 spiro atoms. The second-order valence-corrected chi connectivity index (χ2v) is 14.1. The average Bonchev–Trinajstić information content (AvgIpc) is 3.51. The van der Waals surface area contributed by atoms with E-state index in [0.717, 1.165) is 37.7 Å². The lowest BCUT2D eigenvalue weighted by Gasteiger charge is -2.60. The van der Waals surface area contributed by atoms with Crippen LogP contribution in [0.3, 0.4) is 0 Å². The molecule has 8 nitrogen and oxygen atoms in total. The predicted octanol–water partition coefficient (Wildman–Crippen LogP) is 5.67. The Labute approximate surface area is 251 Å². The van der Waals surface area contributed by atoms with Crippen LogP contribution < -0.4 is 0 Å². The Balaban J connectivity index is 1.33. The first-order valence-electron chi connectivity index (χ1n) is 15.4. The number of ether oxygens (including phenoxy) is 1. The predicted molar refractivity (Wildman–Crippen MR) is 159 cm³/mol. The number of nitrogens with zero attached hydrogens (tertiary/aromatic N) is 2. The average molecular weight is 595 g/mol. The number of Topliss-reactive ketones (excluding diaryl/α,β-unsaturated/α-hetero) is 1. The van der Waals surface area contributed by atoms with Gasteiger partial charge in [0.15, 0.2) is 29.1 Å². The third-order valence-electron chi connectivity index (χ3n) is 11.3. The van der Waals surface area contributed by atoms with E-state index in [1.54, 1.807) is 30.5 Å². The number of pyridine rings is 1. The molecule has 2 N–H and O–H groups in total. The Bertz CT molecular complexity index is 1400. The van der Waals surface area contributed by atoms with Gasteiger partial charge in [-0.3, -0.25) is 9.59 Å². The van der Waals surface area contributed by atoms with Gasteiger partial charge in [-0.05, 0) is 81.1 Å². The van der Waals surface area contributed by atoms with Gasteiger partial charge in [-0.2, -0.15) is 4.98 Å². The Morgan fingerprint density at radius 2 is 2.05 bits per heavy atom. The van der Waals surface area contributed by atoms with Crippen molar-refractivity contribution >= 4 is 34.6 Å². The molecule has 3 fully saturated rings. The number of hydrogen-bond acceptors (Lipinski definition) is 9. The third kappa shape index (κ3) is 4.54. The first kappa shape index (κ1) is 29.7. The molecule has 42 heavy (non-hydrogen) atoms. The fourth-order valence-corrected chi connectivity index (χ4v) is 9.87. The van der Waals surface area contributed by atoms with Crippen LogP contribution in [-0.4, -0.2) is 55.5 Å². The highest BCUT2D eigenvalue weighted by Gasteiger charge is 2.69. The summed E-state index contributed by atoms with van der Waals surface area (Å²) in [5.41, 5.74) is -0.155. The highest BCUT2D eigenvalue weighted by molar-refractivity contribution is 7.99. The van der Waals surface area contributed by atoms with Crippen LogP contribution in [0.5, 0.6) is 0 Å². The van der Waals surface area contributed by atoms with Crippen molar-refractivity contribution in [2.75, 3.05) is 5.75 Å². The molecule has 2 heterocycles. The number of fused-ring (bicyclic) bond motifs is 6. The van der Waals surface area contributed by atoms with Crippen LogP contribution in [0.1, 0.15) is 72.6 Å². The zero-order chi connectivity index (χ0) is 29.9. The van der Waals surface area contributed by atoms with Crippen LogP contribution in [-0.2, 0) is 14.3 Å². The van der Waals surface area contributed by atoms with Gasteiger partial charge in [-0.1, -0.05) is 51.1 Å². The number of hydrogen-bond donors (Lipinski definition) is 2. The SMILES string of the molecule is CCC(CC)C(O)O[C@]1(C(=O)CSc2nc3ncccc3o2)CCC2C3CCC4=CC(=O)C=CC4(C)C3[C@@H](O)CC21C. The standard InChI is InChI=1S/C33H42N2O6S/c1-5-19(6-2)29(39)41-33(26(38)18-42-30-35-28-25(40-30)8-7-15-34-28)14-12-23-22-10-9-20-16-21(36)11-13-31(20,3)27(22)24(37)17-32(23,33)4/h7-8,11,13,15-16,19,22-24,27,29,37,39H,5-6,9-10,12,14,17-18H2,1-4H3/t22?,23?,24-,27?,29?,31?,32?,33-/m0/s1. The molecule has 226 valence electrons. The molecule has 2 aromatic heterocycles. The molecule has 6 unspecified atom stereocenters. The van der Waals surface area contributed by atoms with Gasteiger partial charge in [0.2, 0.25) is 0 Å². The van der Waals surface area contributed by atoms with E-state index < -0.39 is 23.4 Å².